The number of ether oxygens (including phenoxy) is 1. The molecule has 156 valence electrons. The predicted octanol–water partition coefficient (Wildman–Crippen LogP) is 4.90. The zero-order valence-corrected chi connectivity index (χ0v) is 20.0. The molecule has 0 spiro atoms. The van der Waals surface area contributed by atoms with Gasteiger partial charge in [-0.3, -0.25) is 4.99 Å². The summed E-state index contributed by atoms with van der Waals surface area (Å²) in [7, 11) is 3.41. The summed E-state index contributed by atoms with van der Waals surface area (Å²) in [4.78, 5) is 4.25. The lowest BCUT2D eigenvalue weighted by atomic mass is 9.99. The summed E-state index contributed by atoms with van der Waals surface area (Å²) < 4.78 is 11.0. The molecule has 8 heteroatoms. The average Bonchev–Trinajstić information content (AvgIpc) is 3.14. The van der Waals surface area contributed by atoms with E-state index in [1.807, 2.05) is 30.3 Å². The first-order valence-corrected chi connectivity index (χ1v) is 9.67. The smallest absolute Gasteiger partial charge is 0.191 e. The molecule has 0 fully saturated rings. The van der Waals surface area contributed by atoms with E-state index >= 15 is 0 Å². The van der Waals surface area contributed by atoms with E-state index in [2.05, 4.69) is 34.6 Å². The predicted molar refractivity (Wildman–Crippen MR) is 125 cm³/mol. The van der Waals surface area contributed by atoms with Crippen LogP contribution < -0.4 is 10.6 Å². The van der Waals surface area contributed by atoms with E-state index in [0.29, 0.717) is 30.0 Å². The fourth-order valence-electron chi connectivity index (χ4n) is 2.94. The van der Waals surface area contributed by atoms with Crippen LogP contribution in [0.3, 0.4) is 0 Å². The number of rotatable bonds is 9. The van der Waals surface area contributed by atoms with E-state index < -0.39 is 0 Å². The van der Waals surface area contributed by atoms with Crippen LogP contribution in [0.25, 0.3) is 0 Å². The van der Waals surface area contributed by atoms with Crippen molar-refractivity contribution in [2.45, 2.75) is 45.3 Å². The van der Waals surface area contributed by atoms with Crippen molar-refractivity contribution in [2.24, 2.45) is 4.99 Å². The Bertz CT molecular complexity index is 735. The van der Waals surface area contributed by atoms with Crippen LogP contribution in [0.5, 0.6) is 0 Å². The molecule has 0 aliphatic carbocycles. The second kappa shape index (κ2) is 13.0. The van der Waals surface area contributed by atoms with Gasteiger partial charge in [0.2, 0.25) is 0 Å². The van der Waals surface area contributed by atoms with Gasteiger partial charge in [0.1, 0.15) is 0 Å². The van der Waals surface area contributed by atoms with Crippen LogP contribution in [0, 0.1) is 0 Å². The summed E-state index contributed by atoms with van der Waals surface area (Å²) in [5, 5.41) is 11.4. The van der Waals surface area contributed by atoms with Crippen molar-refractivity contribution in [1.82, 2.24) is 15.8 Å². The molecule has 1 aromatic heterocycles. The number of nitrogens with one attached hydrogen (secondary N) is 2. The molecule has 2 aromatic rings. The maximum absolute atomic E-state index is 6.07. The number of hydrogen-bond acceptors (Lipinski definition) is 4. The SMILES string of the molecule is CCC(CC)c1cc(CNC(=NC)NCC(OC)c2cccc(Cl)c2)on1.I. The highest BCUT2D eigenvalue weighted by molar-refractivity contribution is 14.0. The highest BCUT2D eigenvalue weighted by Crippen LogP contribution is 2.22. The molecule has 0 aliphatic heterocycles. The van der Waals surface area contributed by atoms with E-state index in [4.69, 9.17) is 20.9 Å². The monoisotopic (exact) mass is 520 g/mol. The summed E-state index contributed by atoms with van der Waals surface area (Å²) in [5.74, 6) is 1.90. The van der Waals surface area contributed by atoms with Crippen LogP contribution in [0.4, 0.5) is 0 Å². The maximum Gasteiger partial charge on any atom is 0.191 e. The number of hydrogen-bond donors (Lipinski definition) is 2. The van der Waals surface area contributed by atoms with Gasteiger partial charge in [0.15, 0.2) is 11.7 Å². The van der Waals surface area contributed by atoms with Crippen LogP contribution >= 0.6 is 35.6 Å². The summed E-state index contributed by atoms with van der Waals surface area (Å²) in [6.07, 6.45) is 1.98. The zero-order chi connectivity index (χ0) is 19.6. The Labute approximate surface area is 189 Å². The van der Waals surface area contributed by atoms with Crippen molar-refractivity contribution in [1.29, 1.82) is 0 Å². The first kappa shape index (κ1) is 24.7. The lowest BCUT2D eigenvalue weighted by Gasteiger charge is -2.18. The Morgan fingerprint density at radius 1 is 1.25 bits per heavy atom. The standard InChI is InChI=1S/C20H29ClN4O2.HI/c1-5-14(6-2)18-11-17(27-25-18)12-23-20(22-3)24-13-19(26-4)15-8-7-9-16(21)10-15;/h7-11,14,19H,5-6,12-13H2,1-4H3,(H2,22,23,24);1H. The van der Waals surface area contributed by atoms with Gasteiger partial charge in [0.05, 0.1) is 18.3 Å². The van der Waals surface area contributed by atoms with Crippen LogP contribution in [-0.2, 0) is 11.3 Å². The minimum Gasteiger partial charge on any atom is -0.375 e. The summed E-state index contributed by atoms with van der Waals surface area (Å²) in [6.45, 7) is 5.41. The summed E-state index contributed by atoms with van der Waals surface area (Å²) in [5.41, 5.74) is 2.03. The third-order valence-electron chi connectivity index (χ3n) is 4.59. The quantitative estimate of drug-likeness (QED) is 0.279. The molecule has 1 unspecified atom stereocenters. The van der Waals surface area contributed by atoms with Crippen molar-refractivity contribution >= 4 is 41.5 Å². The highest BCUT2D eigenvalue weighted by atomic mass is 127. The highest BCUT2D eigenvalue weighted by Gasteiger charge is 2.14. The van der Waals surface area contributed by atoms with Gasteiger partial charge in [-0.05, 0) is 30.5 Å². The summed E-state index contributed by atoms with van der Waals surface area (Å²) in [6, 6.07) is 9.67. The molecule has 0 radical (unpaired) electrons. The van der Waals surface area contributed by atoms with E-state index in [0.717, 1.165) is 29.9 Å². The van der Waals surface area contributed by atoms with Crippen molar-refractivity contribution < 1.29 is 9.26 Å². The fraction of sp³-hybridized carbons (Fsp3) is 0.500. The molecule has 0 bridgehead atoms. The van der Waals surface area contributed by atoms with Gasteiger partial charge in [-0.1, -0.05) is 42.7 Å². The number of nitrogens with zero attached hydrogens (tertiary/aromatic N) is 2. The maximum atomic E-state index is 6.07. The van der Waals surface area contributed by atoms with Crippen LogP contribution in [0.2, 0.25) is 5.02 Å². The topological polar surface area (TPSA) is 71.7 Å². The van der Waals surface area contributed by atoms with E-state index in [1.165, 1.54) is 0 Å². The lowest BCUT2D eigenvalue weighted by molar-refractivity contribution is 0.106. The van der Waals surface area contributed by atoms with Gasteiger partial charge in [0.25, 0.3) is 0 Å². The molecule has 28 heavy (non-hydrogen) atoms. The molecule has 0 saturated carbocycles. The molecule has 2 rings (SSSR count). The van der Waals surface area contributed by atoms with Crippen molar-refractivity contribution in [3.8, 4) is 0 Å². The van der Waals surface area contributed by atoms with E-state index in [1.54, 1.807) is 14.2 Å². The van der Waals surface area contributed by atoms with E-state index in [-0.39, 0.29) is 30.1 Å². The molecule has 6 nitrogen and oxygen atoms in total. The number of aromatic nitrogens is 1. The molecule has 2 N–H and O–H groups in total. The Kier molecular flexibility index (Phi) is 11.5. The minimum absolute atomic E-state index is 0. The fourth-order valence-corrected chi connectivity index (χ4v) is 3.14. The zero-order valence-electron chi connectivity index (χ0n) is 16.9. The van der Waals surface area contributed by atoms with Gasteiger partial charge in [-0.15, -0.1) is 24.0 Å². The number of benzene rings is 1. The second-order valence-electron chi connectivity index (χ2n) is 6.32. The summed E-state index contributed by atoms with van der Waals surface area (Å²) >= 11 is 6.07. The number of methoxy groups -OCH3 is 1. The molecular weight excluding hydrogens is 491 g/mol. The largest absolute Gasteiger partial charge is 0.375 e. The number of halogens is 2. The van der Waals surface area contributed by atoms with Crippen molar-refractivity contribution in [3.05, 3.63) is 52.4 Å². The molecule has 0 amide bonds. The normalized spacial score (nSPS) is 12.6. The first-order chi connectivity index (χ1) is 13.1. The third kappa shape index (κ3) is 7.25. The van der Waals surface area contributed by atoms with Gasteiger partial charge in [-0.25, -0.2) is 0 Å². The molecule has 1 heterocycles. The minimum atomic E-state index is -0.131. The van der Waals surface area contributed by atoms with Crippen LogP contribution in [0.1, 0.15) is 55.7 Å². The van der Waals surface area contributed by atoms with E-state index in [9.17, 15) is 0 Å². The van der Waals surface area contributed by atoms with Crippen molar-refractivity contribution in [3.63, 3.8) is 0 Å². The number of guanidine groups is 1. The van der Waals surface area contributed by atoms with Crippen LogP contribution in [-0.4, -0.2) is 31.8 Å². The average molecular weight is 521 g/mol. The first-order valence-electron chi connectivity index (χ1n) is 9.29. The Hall–Kier alpha value is -1.32. The molecule has 1 atom stereocenters. The van der Waals surface area contributed by atoms with Gasteiger partial charge in [0, 0.05) is 37.7 Å². The third-order valence-corrected chi connectivity index (χ3v) is 4.83. The van der Waals surface area contributed by atoms with Crippen molar-refractivity contribution in [2.75, 3.05) is 20.7 Å². The Balaban J connectivity index is 0.00000392. The Morgan fingerprint density at radius 3 is 2.61 bits per heavy atom. The Morgan fingerprint density at radius 2 is 2.00 bits per heavy atom. The molecule has 1 aromatic carbocycles. The molecule has 0 saturated heterocycles. The lowest BCUT2D eigenvalue weighted by Crippen LogP contribution is -2.39. The molecule has 0 aliphatic rings. The van der Waals surface area contributed by atoms with Gasteiger partial charge in [-0.2, -0.15) is 0 Å². The molecular formula is C20H30ClIN4O2. The number of aliphatic imine (C=N–C) groups is 1. The van der Waals surface area contributed by atoms with Gasteiger partial charge < -0.3 is 19.9 Å². The van der Waals surface area contributed by atoms with Gasteiger partial charge >= 0.3 is 0 Å². The second-order valence-corrected chi connectivity index (χ2v) is 6.75. The van der Waals surface area contributed by atoms with Crippen LogP contribution in [0.15, 0.2) is 39.8 Å².